The minimum absolute atomic E-state index is 0.0905. The Balaban J connectivity index is 2.08. The van der Waals surface area contributed by atoms with E-state index in [1.165, 1.54) is 25.2 Å². The number of halogens is 1. The Morgan fingerprint density at radius 2 is 1.60 bits per heavy atom. The van der Waals surface area contributed by atoms with Crippen molar-refractivity contribution in [3.8, 4) is 11.5 Å². The molecule has 0 aromatic heterocycles. The molecule has 3 aromatic rings. The highest BCUT2D eigenvalue weighted by atomic mass is 79.9. The molecule has 0 radical (unpaired) electrons. The van der Waals surface area contributed by atoms with Crippen LogP contribution in [0.15, 0.2) is 77.3 Å². The maximum Gasteiger partial charge on any atom is 0.244 e. The summed E-state index contributed by atoms with van der Waals surface area (Å²) < 4.78 is 38.5. The minimum Gasteiger partial charge on any atom is -0.493 e. The van der Waals surface area contributed by atoms with Gasteiger partial charge in [0.25, 0.3) is 0 Å². The lowest BCUT2D eigenvalue weighted by atomic mass is 10.0. The van der Waals surface area contributed by atoms with Gasteiger partial charge >= 0.3 is 0 Å². The number of carbonyl (C=O) groups is 2. The Morgan fingerprint density at radius 1 is 0.929 bits per heavy atom. The van der Waals surface area contributed by atoms with Crippen molar-refractivity contribution < 1.29 is 27.5 Å². The highest BCUT2D eigenvalue weighted by Crippen LogP contribution is 2.32. The van der Waals surface area contributed by atoms with Gasteiger partial charge < -0.3 is 19.7 Å². The molecular formula is C31H38BrN3O6S. The number of amides is 2. The van der Waals surface area contributed by atoms with E-state index < -0.39 is 28.5 Å². The van der Waals surface area contributed by atoms with E-state index in [2.05, 4.69) is 21.2 Å². The van der Waals surface area contributed by atoms with Gasteiger partial charge in [-0.15, -0.1) is 0 Å². The summed E-state index contributed by atoms with van der Waals surface area (Å²) in [5, 5.41) is 3.02. The quantitative estimate of drug-likeness (QED) is 0.267. The van der Waals surface area contributed by atoms with Crippen molar-refractivity contribution in [3.63, 3.8) is 0 Å². The number of benzene rings is 3. The first-order valence-corrected chi connectivity index (χ1v) is 16.2. The van der Waals surface area contributed by atoms with Gasteiger partial charge in [0.2, 0.25) is 21.8 Å². The third kappa shape index (κ3) is 8.96. The van der Waals surface area contributed by atoms with Crippen LogP contribution < -0.4 is 19.1 Å². The van der Waals surface area contributed by atoms with Gasteiger partial charge in [0.05, 0.1) is 26.2 Å². The topological polar surface area (TPSA) is 105 Å². The Kier molecular flexibility index (Phi) is 11.8. The molecule has 3 rings (SSSR count). The summed E-state index contributed by atoms with van der Waals surface area (Å²) in [5.41, 5.74) is 1.88. The van der Waals surface area contributed by atoms with Crippen LogP contribution >= 0.6 is 15.9 Å². The van der Waals surface area contributed by atoms with E-state index in [0.717, 1.165) is 26.2 Å². The number of nitrogens with one attached hydrogen (secondary N) is 1. The van der Waals surface area contributed by atoms with Gasteiger partial charge in [-0.2, -0.15) is 0 Å². The third-order valence-electron chi connectivity index (χ3n) is 6.85. The van der Waals surface area contributed by atoms with E-state index in [4.69, 9.17) is 9.47 Å². The number of nitrogens with zero attached hydrogens (tertiary/aromatic N) is 2. The number of anilines is 1. The molecule has 0 heterocycles. The molecule has 1 N–H and O–H groups in total. The van der Waals surface area contributed by atoms with Crippen LogP contribution in [0.1, 0.15) is 31.4 Å². The van der Waals surface area contributed by atoms with Crippen LogP contribution in [0.4, 0.5) is 5.69 Å². The lowest BCUT2D eigenvalue weighted by molar-refractivity contribution is -0.140. The predicted octanol–water partition coefficient (Wildman–Crippen LogP) is 4.79. The molecule has 0 fully saturated rings. The van der Waals surface area contributed by atoms with Crippen LogP contribution in [0.2, 0.25) is 0 Å². The number of hydrogen-bond donors (Lipinski definition) is 1. The largest absolute Gasteiger partial charge is 0.493 e. The second-order valence-electron chi connectivity index (χ2n) is 9.98. The SMILES string of the molecule is CC[C@H](C)NC(=O)[C@@H](Cc1ccccc1)N(Cc1cccc(Br)c1)C(=O)CN(c1ccc(OC)c(OC)c1)S(C)(=O)=O. The first-order chi connectivity index (χ1) is 20.0. The number of ether oxygens (including phenoxy) is 2. The molecule has 0 saturated carbocycles. The highest BCUT2D eigenvalue weighted by molar-refractivity contribution is 9.10. The lowest BCUT2D eigenvalue weighted by Gasteiger charge is -2.34. The van der Waals surface area contributed by atoms with Crippen LogP contribution in [0.3, 0.4) is 0 Å². The van der Waals surface area contributed by atoms with Crippen molar-refractivity contribution in [3.05, 3.63) is 88.4 Å². The minimum atomic E-state index is -3.92. The van der Waals surface area contributed by atoms with Gasteiger partial charge in [0, 0.05) is 29.5 Å². The zero-order valence-corrected chi connectivity index (χ0v) is 26.9. The molecule has 2 amide bonds. The van der Waals surface area contributed by atoms with Crippen molar-refractivity contribution in [1.82, 2.24) is 10.2 Å². The predicted molar refractivity (Wildman–Crippen MR) is 168 cm³/mol. The number of sulfonamides is 1. The summed E-state index contributed by atoms with van der Waals surface area (Å²) in [4.78, 5) is 29.4. The van der Waals surface area contributed by atoms with Gasteiger partial charge in [-0.25, -0.2) is 8.42 Å². The van der Waals surface area contributed by atoms with E-state index in [1.807, 2.05) is 68.4 Å². The van der Waals surface area contributed by atoms with Crippen LogP contribution in [0.5, 0.6) is 11.5 Å². The van der Waals surface area contributed by atoms with E-state index in [-0.39, 0.29) is 30.6 Å². The second-order valence-corrected chi connectivity index (χ2v) is 12.8. The molecular weight excluding hydrogens is 622 g/mol. The van der Waals surface area contributed by atoms with Gasteiger partial charge in [0.15, 0.2) is 11.5 Å². The normalized spacial score (nSPS) is 12.6. The maximum atomic E-state index is 14.2. The molecule has 0 saturated heterocycles. The molecule has 0 aliphatic rings. The van der Waals surface area contributed by atoms with Gasteiger partial charge in [-0.3, -0.25) is 13.9 Å². The van der Waals surface area contributed by atoms with Crippen molar-refractivity contribution in [1.29, 1.82) is 0 Å². The molecule has 0 aliphatic heterocycles. The van der Waals surface area contributed by atoms with Crippen LogP contribution in [-0.4, -0.2) is 64.2 Å². The van der Waals surface area contributed by atoms with E-state index in [9.17, 15) is 18.0 Å². The third-order valence-corrected chi connectivity index (χ3v) is 8.48. The zero-order valence-electron chi connectivity index (χ0n) is 24.5. The van der Waals surface area contributed by atoms with E-state index in [1.54, 1.807) is 12.1 Å². The first-order valence-electron chi connectivity index (χ1n) is 13.5. The van der Waals surface area contributed by atoms with Gasteiger partial charge in [-0.1, -0.05) is 65.3 Å². The average molecular weight is 661 g/mol. The molecule has 0 aliphatic carbocycles. The maximum absolute atomic E-state index is 14.2. The number of carbonyl (C=O) groups excluding carboxylic acids is 2. The molecule has 9 nitrogen and oxygen atoms in total. The van der Waals surface area contributed by atoms with Crippen LogP contribution in [0.25, 0.3) is 0 Å². The summed E-state index contributed by atoms with van der Waals surface area (Å²) >= 11 is 3.48. The fourth-order valence-corrected chi connectivity index (χ4v) is 5.71. The second kappa shape index (κ2) is 15.1. The number of rotatable bonds is 14. The van der Waals surface area contributed by atoms with Crippen LogP contribution in [-0.2, 0) is 32.6 Å². The molecule has 3 aromatic carbocycles. The van der Waals surface area contributed by atoms with Crippen LogP contribution in [0, 0.1) is 0 Å². The smallest absolute Gasteiger partial charge is 0.244 e. The monoisotopic (exact) mass is 659 g/mol. The summed E-state index contributed by atoms with van der Waals surface area (Å²) in [7, 11) is -0.993. The molecule has 42 heavy (non-hydrogen) atoms. The van der Waals surface area contributed by atoms with E-state index >= 15 is 0 Å². The number of hydrogen-bond acceptors (Lipinski definition) is 6. The van der Waals surface area contributed by atoms with Gasteiger partial charge in [-0.05, 0) is 48.7 Å². The molecule has 0 unspecified atom stereocenters. The Morgan fingerprint density at radius 3 is 2.19 bits per heavy atom. The summed E-state index contributed by atoms with van der Waals surface area (Å²) in [6.45, 7) is 3.44. The van der Waals surface area contributed by atoms with E-state index in [0.29, 0.717) is 17.9 Å². The fraction of sp³-hybridized carbons (Fsp3) is 0.355. The number of methoxy groups -OCH3 is 2. The molecule has 0 spiro atoms. The van der Waals surface area contributed by atoms with Crippen molar-refractivity contribution in [2.75, 3.05) is 31.3 Å². The Bertz CT molecular complexity index is 1470. The zero-order chi connectivity index (χ0) is 30.9. The molecule has 0 bridgehead atoms. The molecule has 226 valence electrons. The molecule has 2 atom stereocenters. The molecule has 11 heteroatoms. The fourth-order valence-electron chi connectivity index (χ4n) is 4.42. The van der Waals surface area contributed by atoms with Crippen molar-refractivity contribution in [2.45, 2.75) is 45.3 Å². The standard InChI is InChI=1S/C31H38BrN3O6S/c1-6-22(2)33-31(37)27(18-23-11-8-7-9-12-23)34(20-24-13-10-14-25(32)17-24)30(36)21-35(42(5,38)39)26-15-16-28(40-3)29(19-26)41-4/h7-17,19,22,27H,6,18,20-21H2,1-5H3,(H,33,37)/t22-,27+/m0/s1. The lowest BCUT2D eigenvalue weighted by Crippen LogP contribution is -2.54. The Hall–Kier alpha value is -3.57. The van der Waals surface area contributed by atoms with Crippen molar-refractivity contribution in [2.24, 2.45) is 0 Å². The Labute approximate surface area is 257 Å². The highest BCUT2D eigenvalue weighted by Gasteiger charge is 2.33. The average Bonchev–Trinajstić information content (AvgIpc) is 2.97. The van der Waals surface area contributed by atoms with Crippen molar-refractivity contribution >= 4 is 43.5 Å². The first kappa shape index (κ1) is 32.9. The van der Waals surface area contributed by atoms with Gasteiger partial charge in [0.1, 0.15) is 12.6 Å². The summed E-state index contributed by atoms with van der Waals surface area (Å²) in [6.07, 6.45) is 2.00. The summed E-state index contributed by atoms with van der Waals surface area (Å²) in [5.74, 6) is -0.108. The summed E-state index contributed by atoms with van der Waals surface area (Å²) in [6, 6.07) is 20.5.